The molecular formula is C37H28N2O7S2. The molecular weight excluding hydrogens is 649 g/mol. The van der Waals surface area contributed by atoms with Crippen molar-refractivity contribution in [1.82, 2.24) is 0 Å². The van der Waals surface area contributed by atoms with Gasteiger partial charge in [0.2, 0.25) is 0 Å². The predicted octanol–water partition coefficient (Wildman–Crippen LogP) is 8.20. The Morgan fingerprint density at radius 2 is 0.896 bits per heavy atom. The van der Waals surface area contributed by atoms with Crippen LogP contribution in [0.2, 0.25) is 0 Å². The van der Waals surface area contributed by atoms with Crippen molar-refractivity contribution >= 4 is 37.6 Å². The van der Waals surface area contributed by atoms with Gasteiger partial charge in [-0.2, -0.15) is 16.8 Å². The molecule has 0 aliphatic heterocycles. The van der Waals surface area contributed by atoms with E-state index in [2.05, 4.69) is 10.6 Å². The molecule has 0 saturated heterocycles. The number of rotatable bonds is 10. The Hall–Kier alpha value is -5.91. The zero-order valence-electron chi connectivity index (χ0n) is 25.2. The number of benzene rings is 6. The molecule has 9 nitrogen and oxygen atoms in total. The fourth-order valence-electron chi connectivity index (χ4n) is 4.94. The van der Waals surface area contributed by atoms with Crippen molar-refractivity contribution in [2.75, 3.05) is 10.6 Å². The lowest BCUT2D eigenvalue weighted by Gasteiger charge is -2.13. The van der Waals surface area contributed by atoms with Gasteiger partial charge in [-0.1, -0.05) is 103 Å². The molecule has 6 aromatic rings. The first kappa shape index (κ1) is 32.0. The number of anilines is 2. The fourth-order valence-corrected chi connectivity index (χ4v) is 7.24. The summed E-state index contributed by atoms with van der Waals surface area (Å²) in [5.74, 6) is 0.0657. The summed E-state index contributed by atoms with van der Waals surface area (Å²) < 4.78 is 63.8. The van der Waals surface area contributed by atoms with Crippen molar-refractivity contribution < 1.29 is 30.0 Å². The molecule has 11 heteroatoms. The Balaban J connectivity index is 1.10. The van der Waals surface area contributed by atoms with Crippen LogP contribution < -0.4 is 19.0 Å². The first-order valence-electron chi connectivity index (χ1n) is 14.6. The number of urea groups is 1. The first-order chi connectivity index (χ1) is 23.2. The van der Waals surface area contributed by atoms with Crippen LogP contribution in [0.25, 0.3) is 22.3 Å². The van der Waals surface area contributed by atoms with Gasteiger partial charge in [-0.25, -0.2) is 4.79 Å². The number of carbonyl (C=O) groups is 1. The van der Waals surface area contributed by atoms with Crippen LogP contribution in [0.1, 0.15) is 0 Å². The summed E-state index contributed by atoms with van der Waals surface area (Å²) in [5, 5.41) is 5.29. The molecule has 2 amide bonds. The van der Waals surface area contributed by atoms with Gasteiger partial charge in [0.05, 0.1) is 0 Å². The summed E-state index contributed by atoms with van der Waals surface area (Å²) in [6.07, 6.45) is 0. The van der Waals surface area contributed by atoms with E-state index >= 15 is 0 Å². The van der Waals surface area contributed by atoms with Gasteiger partial charge in [-0.05, 0) is 59.7 Å². The predicted molar refractivity (Wildman–Crippen MR) is 185 cm³/mol. The molecule has 0 spiro atoms. The summed E-state index contributed by atoms with van der Waals surface area (Å²) in [4.78, 5) is 12.8. The lowest BCUT2D eigenvalue weighted by molar-refractivity contribution is 0.262. The second-order valence-electron chi connectivity index (χ2n) is 10.4. The monoisotopic (exact) mass is 676 g/mol. The van der Waals surface area contributed by atoms with Gasteiger partial charge in [-0.3, -0.25) is 0 Å². The molecule has 0 saturated carbocycles. The van der Waals surface area contributed by atoms with Crippen molar-refractivity contribution in [1.29, 1.82) is 0 Å². The van der Waals surface area contributed by atoms with Crippen LogP contribution in [0, 0.1) is 0 Å². The molecule has 0 aliphatic rings. The normalized spacial score (nSPS) is 11.3. The minimum Gasteiger partial charge on any atom is -0.379 e. The summed E-state index contributed by atoms with van der Waals surface area (Å²) in [7, 11) is -8.40. The van der Waals surface area contributed by atoms with Gasteiger partial charge >= 0.3 is 26.3 Å². The molecule has 240 valence electrons. The molecule has 6 aromatic carbocycles. The van der Waals surface area contributed by atoms with E-state index in [0.29, 0.717) is 16.8 Å². The quantitative estimate of drug-likeness (QED) is 0.140. The van der Waals surface area contributed by atoms with E-state index in [1.807, 2.05) is 60.7 Å². The molecule has 0 fully saturated rings. The SMILES string of the molecule is O=C(Nc1ccc(OS(=O)(=O)c2ccccc2-c2ccccc2)cc1)Nc1cccc(OS(=O)(=O)c2ccccc2-c2ccccc2)c1. The first-order valence-corrected chi connectivity index (χ1v) is 17.5. The second-order valence-corrected chi connectivity index (χ2v) is 13.5. The third-order valence-corrected chi connectivity index (χ3v) is 9.71. The van der Waals surface area contributed by atoms with Crippen LogP contribution in [0.15, 0.2) is 168 Å². The average molecular weight is 677 g/mol. The van der Waals surface area contributed by atoms with Crippen LogP contribution in [-0.4, -0.2) is 22.9 Å². The lowest BCUT2D eigenvalue weighted by atomic mass is 10.1. The van der Waals surface area contributed by atoms with Gasteiger partial charge in [0.1, 0.15) is 21.3 Å². The third-order valence-electron chi connectivity index (χ3n) is 7.10. The molecule has 2 N–H and O–H groups in total. The smallest absolute Gasteiger partial charge is 0.339 e. The molecule has 0 heterocycles. The maximum atomic E-state index is 13.3. The molecule has 0 aromatic heterocycles. The highest BCUT2D eigenvalue weighted by Crippen LogP contribution is 2.31. The van der Waals surface area contributed by atoms with E-state index in [9.17, 15) is 21.6 Å². The van der Waals surface area contributed by atoms with E-state index < -0.39 is 26.3 Å². The average Bonchev–Trinajstić information content (AvgIpc) is 3.10. The van der Waals surface area contributed by atoms with Crippen molar-refractivity contribution in [3.05, 3.63) is 158 Å². The zero-order valence-corrected chi connectivity index (χ0v) is 26.8. The van der Waals surface area contributed by atoms with E-state index in [1.165, 1.54) is 48.5 Å². The molecule has 6 rings (SSSR count). The minimum atomic E-state index is -4.22. The van der Waals surface area contributed by atoms with Gasteiger partial charge in [-0.15, -0.1) is 0 Å². The maximum Gasteiger partial charge on any atom is 0.339 e. The summed E-state index contributed by atoms with van der Waals surface area (Å²) in [5.41, 5.74) is 3.10. The zero-order chi connectivity index (χ0) is 33.6. The summed E-state index contributed by atoms with van der Waals surface area (Å²) >= 11 is 0. The van der Waals surface area contributed by atoms with Crippen molar-refractivity contribution in [3.63, 3.8) is 0 Å². The Labute approximate surface area is 278 Å². The topological polar surface area (TPSA) is 128 Å². The van der Waals surface area contributed by atoms with Gasteiger partial charge in [0, 0.05) is 28.6 Å². The Morgan fingerprint density at radius 1 is 0.438 bits per heavy atom. The van der Waals surface area contributed by atoms with Gasteiger partial charge in [0.25, 0.3) is 0 Å². The van der Waals surface area contributed by atoms with Crippen LogP contribution in [0.5, 0.6) is 11.5 Å². The minimum absolute atomic E-state index is 0.00668. The second kappa shape index (κ2) is 13.8. The van der Waals surface area contributed by atoms with E-state index in [0.717, 1.165) is 11.1 Å². The number of carbonyl (C=O) groups excluding carboxylic acids is 1. The Kier molecular flexibility index (Phi) is 9.24. The van der Waals surface area contributed by atoms with Gasteiger partial charge in [0.15, 0.2) is 0 Å². The molecule has 0 radical (unpaired) electrons. The van der Waals surface area contributed by atoms with Crippen LogP contribution in [0.4, 0.5) is 16.2 Å². The van der Waals surface area contributed by atoms with Crippen molar-refractivity contribution in [3.8, 4) is 33.8 Å². The number of hydrogen-bond donors (Lipinski definition) is 2. The number of hydrogen-bond acceptors (Lipinski definition) is 7. The fraction of sp³-hybridized carbons (Fsp3) is 0. The third kappa shape index (κ3) is 7.55. The number of nitrogens with one attached hydrogen (secondary N) is 2. The molecule has 0 atom stereocenters. The largest absolute Gasteiger partial charge is 0.379 e. The lowest BCUT2D eigenvalue weighted by Crippen LogP contribution is -2.19. The van der Waals surface area contributed by atoms with E-state index in [4.69, 9.17) is 8.37 Å². The van der Waals surface area contributed by atoms with Crippen LogP contribution >= 0.6 is 0 Å². The maximum absolute atomic E-state index is 13.3. The van der Waals surface area contributed by atoms with Crippen molar-refractivity contribution in [2.24, 2.45) is 0 Å². The highest BCUT2D eigenvalue weighted by molar-refractivity contribution is 7.87. The Morgan fingerprint density at radius 3 is 1.44 bits per heavy atom. The Bertz CT molecular complexity index is 2280. The molecule has 0 unspecified atom stereocenters. The standard InChI is InChI=1S/C37H28N2O7S2/c40-37(38-29-22-24-31(25-23-29)45-47(41,42)35-20-9-7-18-33(35)27-12-3-1-4-13-27)39-30-16-11-17-32(26-30)46-48(43,44)36-21-10-8-19-34(36)28-14-5-2-6-15-28/h1-26H,(H2,38,39,40). The van der Waals surface area contributed by atoms with Crippen molar-refractivity contribution in [2.45, 2.75) is 9.79 Å². The highest BCUT2D eigenvalue weighted by Gasteiger charge is 2.23. The number of amides is 2. The van der Waals surface area contributed by atoms with Gasteiger partial charge < -0.3 is 19.0 Å². The van der Waals surface area contributed by atoms with Crippen LogP contribution in [-0.2, 0) is 20.2 Å². The summed E-state index contributed by atoms with van der Waals surface area (Å²) in [6.45, 7) is 0. The highest BCUT2D eigenvalue weighted by atomic mass is 32.2. The molecule has 0 aliphatic carbocycles. The van der Waals surface area contributed by atoms with E-state index in [-0.39, 0.29) is 27.0 Å². The molecule has 48 heavy (non-hydrogen) atoms. The molecule has 0 bridgehead atoms. The van der Waals surface area contributed by atoms with Crippen LogP contribution in [0.3, 0.4) is 0 Å². The van der Waals surface area contributed by atoms with E-state index in [1.54, 1.807) is 48.5 Å². The summed E-state index contributed by atoms with van der Waals surface area (Å²) in [6, 6.07) is 42.5.